The molecule has 14 heavy (non-hydrogen) atoms. The van der Waals surface area contributed by atoms with E-state index in [9.17, 15) is 23.3 Å². The van der Waals surface area contributed by atoms with Crippen LogP contribution >= 0.6 is 15.9 Å². The molecule has 1 aromatic heterocycles. The highest BCUT2D eigenvalue weighted by molar-refractivity contribution is 9.10. The van der Waals surface area contributed by atoms with Gasteiger partial charge in [-0.15, -0.1) is 0 Å². The second-order valence-corrected chi connectivity index (χ2v) is 2.98. The summed E-state index contributed by atoms with van der Waals surface area (Å²) >= 11 is 2.53. The molecule has 0 fully saturated rings. The van der Waals surface area contributed by atoms with Gasteiger partial charge < -0.3 is 10.1 Å². The van der Waals surface area contributed by atoms with Gasteiger partial charge in [-0.05, 0) is 9.91 Å². The van der Waals surface area contributed by atoms with Crippen LogP contribution in [0.2, 0.25) is 0 Å². The number of hydrogen-bond acceptors (Lipinski definition) is 3. The Balaban J connectivity index is 3.32. The number of nitro groups is 1. The molecule has 0 saturated heterocycles. The van der Waals surface area contributed by atoms with E-state index in [-0.39, 0.29) is 0 Å². The molecule has 76 valence electrons. The molecule has 1 heterocycles. The van der Waals surface area contributed by atoms with Crippen LogP contribution in [0, 0.1) is 15.9 Å². The number of nitrogens with zero attached hydrogens (tertiary/aromatic N) is 2. The number of pyridine rings is 1. The zero-order chi connectivity index (χ0) is 10.9. The topological polar surface area (TPSA) is 56.0 Å². The lowest BCUT2D eigenvalue weighted by atomic mass is 10.3. The van der Waals surface area contributed by atoms with Gasteiger partial charge in [0.1, 0.15) is 11.4 Å². The summed E-state index contributed by atoms with van der Waals surface area (Å²) < 4.78 is 36.6. The van der Waals surface area contributed by atoms with Gasteiger partial charge in [0.05, 0.1) is 6.07 Å². The summed E-state index contributed by atoms with van der Waals surface area (Å²) in [4.78, 5) is 12.3. The Labute approximate surface area is 84.0 Å². The third-order valence-corrected chi connectivity index (χ3v) is 1.96. The minimum Gasteiger partial charge on any atom is -0.358 e. The SMILES string of the molecule is O=[N+]([O-])c1cc(F)c(C(F)F)c(Br)n1. The molecule has 0 N–H and O–H groups in total. The van der Waals surface area contributed by atoms with Crippen LogP contribution in [0.4, 0.5) is 19.0 Å². The van der Waals surface area contributed by atoms with Crippen molar-refractivity contribution in [3.63, 3.8) is 0 Å². The van der Waals surface area contributed by atoms with E-state index in [0.29, 0.717) is 6.07 Å². The Bertz CT molecular complexity index is 362. The van der Waals surface area contributed by atoms with Crippen molar-refractivity contribution < 1.29 is 18.1 Å². The monoisotopic (exact) mass is 270 g/mol. The molecule has 1 rings (SSSR count). The molecule has 0 saturated carbocycles. The van der Waals surface area contributed by atoms with Gasteiger partial charge in [-0.2, -0.15) is 0 Å². The van der Waals surface area contributed by atoms with Crippen molar-refractivity contribution in [1.82, 2.24) is 4.98 Å². The van der Waals surface area contributed by atoms with Crippen molar-refractivity contribution in [2.45, 2.75) is 6.43 Å². The van der Waals surface area contributed by atoms with E-state index in [4.69, 9.17) is 0 Å². The quantitative estimate of drug-likeness (QED) is 0.472. The number of aromatic nitrogens is 1. The lowest BCUT2D eigenvalue weighted by Crippen LogP contribution is -2.00. The number of rotatable bonds is 2. The second-order valence-electron chi connectivity index (χ2n) is 2.22. The Kier molecular flexibility index (Phi) is 3.04. The smallest absolute Gasteiger partial charge is 0.358 e. The third kappa shape index (κ3) is 2.00. The maximum Gasteiger partial charge on any atom is 0.367 e. The fourth-order valence-electron chi connectivity index (χ4n) is 0.771. The van der Waals surface area contributed by atoms with Gasteiger partial charge >= 0.3 is 5.82 Å². The van der Waals surface area contributed by atoms with Crippen LogP contribution < -0.4 is 0 Å². The Hall–Kier alpha value is -1.18. The highest BCUT2D eigenvalue weighted by Crippen LogP contribution is 2.30. The minimum absolute atomic E-state index is 0.353. The molecule has 0 atom stereocenters. The third-order valence-electron chi connectivity index (χ3n) is 1.35. The molecular weight excluding hydrogens is 269 g/mol. The van der Waals surface area contributed by atoms with Crippen molar-refractivity contribution in [3.8, 4) is 0 Å². The Morgan fingerprint density at radius 1 is 1.57 bits per heavy atom. The summed E-state index contributed by atoms with van der Waals surface area (Å²) in [5.41, 5.74) is -0.976. The van der Waals surface area contributed by atoms with E-state index >= 15 is 0 Å². The fraction of sp³-hybridized carbons (Fsp3) is 0.167. The second kappa shape index (κ2) is 3.91. The van der Waals surface area contributed by atoms with Crippen LogP contribution in [0.5, 0.6) is 0 Å². The average molecular weight is 271 g/mol. The average Bonchev–Trinajstić information content (AvgIpc) is 2.01. The Morgan fingerprint density at radius 3 is 2.50 bits per heavy atom. The molecule has 0 amide bonds. The first-order valence-corrected chi connectivity index (χ1v) is 4.01. The predicted molar refractivity (Wildman–Crippen MR) is 43.5 cm³/mol. The highest BCUT2D eigenvalue weighted by Gasteiger charge is 2.25. The van der Waals surface area contributed by atoms with Gasteiger partial charge in [0.15, 0.2) is 0 Å². The first-order valence-electron chi connectivity index (χ1n) is 3.22. The summed E-state index contributed by atoms with van der Waals surface area (Å²) in [7, 11) is 0. The minimum atomic E-state index is -3.07. The zero-order valence-electron chi connectivity index (χ0n) is 6.38. The summed E-state index contributed by atoms with van der Waals surface area (Å²) in [6, 6.07) is 0.353. The van der Waals surface area contributed by atoms with Crippen molar-refractivity contribution in [2.75, 3.05) is 0 Å². The van der Waals surface area contributed by atoms with Crippen molar-refractivity contribution in [1.29, 1.82) is 0 Å². The van der Waals surface area contributed by atoms with Crippen LogP contribution in [0.25, 0.3) is 0 Å². The molecule has 0 aliphatic heterocycles. The van der Waals surface area contributed by atoms with E-state index in [1.165, 1.54) is 0 Å². The first-order chi connectivity index (χ1) is 6.43. The van der Waals surface area contributed by atoms with Crippen LogP contribution in [0.15, 0.2) is 10.7 Å². The molecule has 0 aromatic carbocycles. The summed E-state index contributed by atoms with van der Waals surface area (Å²) in [6.07, 6.45) is -3.07. The summed E-state index contributed by atoms with van der Waals surface area (Å²) in [5, 5.41) is 10.2. The molecule has 8 heteroatoms. The number of halogens is 4. The lowest BCUT2D eigenvalue weighted by Gasteiger charge is -2.00. The van der Waals surface area contributed by atoms with E-state index in [1.54, 1.807) is 0 Å². The van der Waals surface area contributed by atoms with Gasteiger partial charge in [-0.1, -0.05) is 0 Å². The van der Waals surface area contributed by atoms with Crippen molar-refractivity contribution in [2.24, 2.45) is 0 Å². The maximum atomic E-state index is 12.9. The normalized spacial score (nSPS) is 10.6. The molecule has 1 aromatic rings. The maximum absolute atomic E-state index is 12.9. The predicted octanol–water partition coefficient (Wildman–Crippen LogP) is 2.83. The van der Waals surface area contributed by atoms with Crippen LogP contribution in [0.1, 0.15) is 12.0 Å². The lowest BCUT2D eigenvalue weighted by molar-refractivity contribution is -0.389. The van der Waals surface area contributed by atoms with Crippen molar-refractivity contribution >= 4 is 21.7 Å². The van der Waals surface area contributed by atoms with Crippen LogP contribution in [-0.2, 0) is 0 Å². The van der Waals surface area contributed by atoms with Crippen molar-refractivity contribution in [3.05, 3.63) is 32.2 Å². The largest absolute Gasteiger partial charge is 0.367 e. The molecule has 0 radical (unpaired) electrons. The standard InChI is InChI=1S/C6H2BrF3N2O2/c7-5-4(6(9)10)2(8)1-3(11-5)12(13)14/h1,6H. The van der Waals surface area contributed by atoms with Gasteiger partial charge in [0, 0.05) is 15.9 Å². The summed E-state index contributed by atoms with van der Waals surface area (Å²) in [6.45, 7) is 0. The van der Waals surface area contributed by atoms with E-state index in [0.717, 1.165) is 0 Å². The van der Waals surface area contributed by atoms with Crippen LogP contribution in [0.3, 0.4) is 0 Å². The molecule has 0 spiro atoms. The molecule has 0 aliphatic carbocycles. The van der Waals surface area contributed by atoms with E-state index < -0.39 is 33.2 Å². The van der Waals surface area contributed by atoms with Gasteiger partial charge in [-0.3, -0.25) is 0 Å². The number of alkyl halides is 2. The van der Waals surface area contributed by atoms with Gasteiger partial charge in [0.2, 0.25) is 4.60 Å². The molecule has 0 unspecified atom stereocenters. The highest BCUT2D eigenvalue weighted by atomic mass is 79.9. The first kappa shape index (κ1) is 10.9. The molecule has 4 nitrogen and oxygen atoms in total. The van der Waals surface area contributed by atoms with Gasteiger partial charge in [-0.25, -0.2) is 13.2 Å². The molecule has 0 aliphatic rings. The zero-order valence-corrected chi connectivity index (χ0v) is 7.96. The van der Waals surface area contributed by atoms with Gasteiger partial charge in [0.25, 0.3) is 6.43 Å². The number of hydrogen-bond donors (Lipinski definition) is 0. The molecular formula is C6H2BrF3N2O2. The molecule has 0 bridgehead atoms. The summed E-state index contributed by atoms with van der Waals surface area (Å²) in [5.74, 6) is -2.17. The Morgan fingerprint density at radius 2 is 2.14 bits per heavy atom. The fourth-order valence-corrected chi connectivity index (χ4v) is 1.31. The van der Waals surface area contributed by atoms with E-state index in [2.05, 4.69) is 20.9 Å². The van der Waals surface area contributed by atoms with E-state index in [1.807, 2.05) is 0 Å². The van der Waals surface area contributed by atoms with Crippen LogP contribution in [-0.4, -0.2) is 9.91 Å².